The molecule has 20 heavy (non-hydrogen) atoms. The van der Waals surface area contributed by atoms with Gasteiger partial charge in [-0.15, -0.1) is 11.3 Å². The lowest BCUT2D eigenvalue weighted by atomic mass is 10.1. The molecule has 0 radical (unpaired) electrons. The van der Waals surface area contributed by atoms with Gasteiger partial charge in [0.1, 0.15) is 0 Å². The molecule has 1 aromatic carbocycles. The molecule has 2 N–H and O–H groups in total. The van der Waals surface area contributed by atoms with Crippen LogP contribution in [0.1, 0.15) is 15.2 Å². The first-order valence-electron chi connectivity index (χ1n) is 6.00. The number of aliphatic hydroxyl groups is 1. The van der Waals surface area contributed by atoms with Gasteiger partial charge in [0, 0.05) is 4.47 Å². The molecule has 6 heteroatoms. The fourth-order valence-corrected chi connectivity index (χ4v) is 3.71. The highest BCUT2D eigenvalue weighted by molar-refractivity contribution is 9.13. The summed E-state index contributed by atoms with van der Waals surface area (Å²) >= 11 is 8.08. The zero-order valence-electron chi connectivity index (χ0n) is 10.5. The lowest BCUT2D eigenvalue weighted by molar-refractivity contribution is 0.0920. The summed E-state index contributed by atoms with van der Waals surface area (Å²) in [5.74, 6) is -0.170. The van der Waals surface area contributed by atoms with Crippen molar-refractivity contribution in [3.8, 4) is 0 Å². The van der Waals surface area contributed by atoms with Crippen molar-refractivity contribution in [2.75, 3.05) is 6.61 Å². The van der Waals surface area contributed by atoms with Crippen LogP contribution in [0.15, 0.2) is 44.7 Å². The minimum Gasteiger partial charge on any atom is -0.394 e. The highest BCUT2D eigenvalue weighted by Crippen LogP contribution is 2.32. The summed E-state index contributed by atoms with van der Waals surface area (Å²) in [6.07, 6.45) is 0.608. The largest absolute Gasteiger partial charge is 0.394 e. The van der Waals surface area contributed by atoms with Gasteiger partial charge < -0.3 is 10.4 Å². The van der Waals surface area contributed by atoms with E-state index in [1.54, 1.807) is 6.07 Å². The normalized spacial score (nSPS) is 12.2. The highest BCUT2D eigenvalue weighted by Gasteiger charge is 2.16. The second-order valence-corrected chi connectivity index (χ2v) is 7.50. The van der Waals surface area contributed by atoms with Gasteiger partial charge >= 0.3 is 0 Å². The van der Waals surface area contributed by atoms with Crippen molar-refractivity contribution in [3.63, 3.8) is 0 Å². The Bertz CT molecular complexity index is 567. The van der Waals surface area contributed by atoms with Crippen molar-refractivity contribution in [3.05, 3.63) is 55.1 Å². The van der Waals surface area contributed by atoms with Crippen LogP contribution in [-0.4, -0.2) is 23.7 Å². The van der Waals surface area contributed by atoms with Gasteiger partial charge in [0.2, 0.25) is 0 Å². The molecule has 3 nitrogen and oxygen atoms in total. The molecule has 0 saturated heterocycles. The highest BCUT2D eigenvalue weighted by atomic mass is 79.9. The van der Waals surface area contributed by atoms with Crippen molar-refractivity contribution in [2.45, 2.75) is 12.5 Å². The first-order chi connectivity index (χ1) is 9.60. The van der Waals surface area contributed by atoms with Gasteiger partial charge in [-0.25, -0.2) is 0 Å². The van der Waals surface area contributed by atoms with Crippen molar-refractivity contribution in [1.29, 1.82) is 0 Å². The van der Waals surface area contributed by atoms with Gasteiger partial charge in [-0.3, -0.25) is 4.79 Å². The Balaban J connectivity index is 2.01. The number of carbonyl (C=O) groups excluding carboxylic acids is 1. The Morgan fingerprint density at radius 3 is 2.55 bits per heavy atom. The van der Waals surface area contributed by atoms with E-state index in [1.807, 2.05) is 30.3 Å². The van der Waals surface area contributed by atoms with Gasteiger partial charge in [-0.1, -0.05) is 30.3 Å². The van der Waals surface area contributed by atoms with Crippen LogP contribution < -0.4 is 5.32 Å². The van der Waals surface area contributed by atoms with E-state index in [9.17, 15) is 9.90 Å². The van der Waals surface area contributed by atoms with Gasteiger partial charge in [0.05, 0.1) is 21.3 Å². The van der Waals surface area contributed by atoms with Crippen molar-refractivity contribution in [1.82, 2.24) is 5.32 Å². The third kappa shape index (κ3) is 4.15. The van der Waals surface area contributed by atoms with Crippen LogP contribution in [0.5, 0.6) is 0 Å². The van der Waals surface area contributed by atoms with Crippen LogP contribution in [0.4, 0.5) is 0 Å². The summed E-state index contributed by atoms with van der Waals surface area (Å²) in [6.45, 7) is -0.0889. The van der Waals surface area contributed by atoms with E-state index >= 15 is 0 Å². The molecular formula is C14H13Br2NO2S. The molecule has 0 aliphatic rings. The summed E-state index contributed by atoms with van der Waals surface area (Å²) < 4.78 is 1.74. The molecule has 1 atom stereocenters. The lowest BCUT2D eigenvalue weighted by Crippen LogP contribution is -2.38. The number of benzene rings is 1. The van der Waals surface area contributed by atoms with Crippen LogP contribution in [0, 0.1) is 0 Å². The van der Waals surface area contributed by atoms with E-state index < -0.39 is 0 Å². The van der Waals surface area contributed by atoms with E-state index in [4.69, 9.17) is 0 Å². The average molecular weight is 419 g/mol. The van der Waals surface area contributed by atoms with Crippen LogP contribution in [-0.2, 0) is 6.42 Å². The minimum atomic E-state index is -0.287. The van der Waals surface area contributed by atoms with E-state index in [2.05, 4.69) is 37.2 Å². The minimum absolute atomic E-state index is 0.0889. The monoisotopic (exact) mass is 417 g/mol. The van der Waals surface area contributed by atoms with Crippen molar-refractivity contribution in [2.24, 2.45) is 0 Å². The zero-order valence-corrected chi connectivity index (χ0v) is 14.5. The summed E-state index contributed by atoms with van der Waals surface area (Å²) in [5.41, 5.74) is 1.08. The Kier molecular flexibility index (Phi) is 5.77. The molecule has 0 bridgehead atoms. The third-order valence-corrected chi connectivity index (χ3v) is 6.00. The Hall–Kier alpha value is -0.690. The molecule has 0 unspecified atom stereocenters. The summed E-state index contributed by atoms with van der Waals surface area (Å²) in [6, 6.07) is 11.3. The summed E-state index contributed by atoms with van der Waals surface area (Å²) in [7, 11) is 0. The molecule has 0 fully saturated rings. The first kappa shape index (κ1) is 15.7. The molecule has 2 rings (SSSR count). The predicted octanol–water partition coefficient (Wildman–Crippen LogP) is 3.61. The number of hydrogen-bond donors (Lipinski definition) is 2. The number of carbonyl (C=O) groups is 1. The number of rotatable bonds is 5. The molecular weight excluding hydrogens is 406 g/mol. The average Bonchev–Trinajstić information content (AvgIpc) is 2.79. The molecule has 0 aliphatic heterocycles. The van der Waals surface area contributed by atoms with E-state index in [1.165, 1.54) is 11.3 Å². The molecule has 106 valence electrons. The third-order valence-electron chi connectivity index (χ3n) is 2.75. The van der Waals surface area contributed by atoms with E-state index in [0.717, 1.165) is 13.8 Å². The van der Waals surface area contributed by atoms with Gasteiger partial charge in [-0.2, -0.15) is 0 Å². The first-order valence-corrected chi connectivity index (χ1v) is 8.41. The molecule has 2 aromatic rings. The van der Waals surface area contributed by atoms with Gasteiger partial charge in [0.25, 0.3) is 5.91 Å². The number of amides is 1. The fourth-order valence-electron chi connectivity index (χ4n) is 1.77. The van der Waals surface area contributed by atoms with Gasteiger partial charge in [0.15, 0.2) is 0 Å². The van der Waals surface area contributed by atoms with Gasteiger partial charge in [-0.05, 0) is 49.9 Å². The maximum absolute atomic E-state index is 12.1. The maximum atomic E-state index is 12.1. The van der Waals surface area contributed by atoms with Crippen LogP contribution in [0.3, 0.4) is 0 Å². The molecule has 0 spiro atoms. The summed E-state index contributed by atoms with van der Waals surface area (Å²) in [5, 5.41) is 12.3. The molecule has 0 saturated carbocycles. The maximum Gasteiger partial charge on any atom is 0.261 e. The van der Waals surface area contributed by atoms with Crippen LogP contribution >= 0.6 is 43.2 Å². The SMILES string of the molecule is O=C(N[C@H](CO)Cc1ccccc1)c1cc(Br)c(Br)s1. The standard InChI is InChI=1S/C14H13Br2NO2S/c15-11-7-12(20-13(11)16)14(19)17-10(8-18)6-9-4-2-1-3-5-9/h1-5,7,10,18H,6,8H2,(H,17,19)/t10-/m0/s1. The topological polar surface area (TPSA) is 49.3 Å². The number of halogens is 2. The smallest absolute Gasteiger partial charge is 0.261 e. The number of aliphatic hydroxyl groups excluding tert-OH is 1. The Morgan fingerprint density at radius 2 is 2.00 bits per heavy atom. The van der Waals surface area contributed by atoms with Crippen LogP contribution in [0.2, 0.25) is 0 Å². The second-order valence-electron chi connectivity index (χ2n) is 4.27. The number of hydrogen-bond acceptors (Lipinski definition) is 3. The van der Waals surface area contributed by atoms with Crippen molar-refractivity contribution >= 4 is 49.1 Å². The van der Waals surface area contributed by atoms with Crippen LogP contribution in [0.25, 0.3) is 0 Å². The molecule has 1 amide bonds. The van der Waals surface area contributed by atoms with E-state index in [0.29, 0.717) is 11.3 Å². The molecule has 0 aliphatic carbocycles. The second kappa shape index (κ2) is 7.36. The predicted molar refractivity (Wildman–Crippen MR) is 88.2 cm³/mol. The number of nitrogens with one attached hydrogen (secondary N) is 1. The molecule has 1 heterocycles. The molecule has 1 aromatic heterocycles. The quantitative estimate of drug-likeness (QED) is 0.779. The summed E-state index contributed by atoms with van der Waals surface area (Å²) in [4.78, 5) is 12.7. The van der Waals surface area contributed by atoms with Crippen molar-refractivity contribution < 1.29 is 9.90 Å². The number of thiophene rings is 1. The Labute approximate surface area is 138 Å². The fraction of sp³-hybridized carbons (Fsp3) is 0.214. The zero-order chi connectivity index (χ0) is 14.5. The Morgan fingerprint density at radius 1 is 1.30 bits per heavy atom. The van der Waals surface area contributed by atoms with E-state index in [-0.39, 0.29) is 18.6 Å². The lowest BCUT2D eigenvalue weighted by Gasteiger charge is -2.15.